The third-order valence-electron chi connectivity index (χ3n) is 5.90. The zero-order chi connectivity index (χ0) is 23.1. The Morgan fingerprint density at radius 1 is 0.879 bits per heavy atom. The highest BCUT2D eigenvalue weighted by molar-refractivity contribution is 6.23. The van der Waals surface area contributed by atoms with E-state index in [1.165, 1.54) is 24.3 Å². The van der Waals surface area contributed by atoms with Crippen LogP contribution in [0.2, 0.25) is 0 Å². The minimum Gasteiger partial charge on any atom is -0.497 e. The normalized spacial score (nSPS) is 21.9. The second kappa shape index (κ2) is 8.03. The number of carbonyl (C=O) groups excluding carboxylic acids is 2. The molecule has 3 aromatic carbocycles. The molecule has 2 amide bonds. The van der Waals surface area contributed by atoms with Gasteiger partial charge in [-0.25, -0.2) is 9.96 Å². The number of methoxy groups -OCH3 is 1. The summed E-state index contributed by atoms with van der Waals surface area (Å²) < 4.78 is 5.25. The van der Waals surface area contributed by atoms with Gasteiger partial charge in [-0.05, 0) is 42.0 Å². The van der Waals surface area contributed by atoms with E-state index in [4.69, 9.17) is 9.57 Å². The van der Waals surface area contributed by atoms with Crippen molar-refractivity contribution >= 4 is 28.9 Å². The molecule has 3 aromatic rings. The van der Waals surface area contributed by atoms with Crippen molar-refractivity contribution in [3.63, 3.8) is 0 Å². The van der Waals surface area contributed by atoms with Gasteiger partial charge in [0.15, 0.2) is 6.10 Å². The molecule has 2 heterocycles. The molecule has 166 valence electrons. The van der Waals surface area contributed by atoms with Crippen LogP contribution in [0, 0.1) is 16.0 Å². The van der Waals surface area contributed by atoms with Gasteiger partial charge in [-0.3, -0.25) is 24.5 Å². The van der Waals surface area contributed by atoms with Crippen LogP contribution in [0.4, 0.5) is 17.1 Å². The van der Waals surface area contributed by atoms with Crippen LogP contribution < -0.4 is 14.7 Å². The molecule has 0 aromatic heterocycles. The number of rotatable bonds is 5. The largest absolute Gasteiger partial charge is 0.497 e. The molecule has 0 radical (unpaired) electrons. The second-order valence-electron chi connectivity index (χ2n) is 7.72. The molecule has 33 heavy (non-hydrogen) atoms. The molecule has 2 aliphatic heterocycles. The van der Waals surface area contributed by atoms with Gasteiger partial charge < -0.3 is 4.74 Å². The van der Waals surface area contributed by atoms with E-state index in [2.05, 4.69) is 0 Å². The summed E-state index contributed by atoms with van der Waals surface area (Å²) in [5, 5.41) is 12.6. The Hall–Kier alpha value is -4.24. The van der Waals surface area contributed by atoms with Gasteiger partial charge in [-0.2, -0.15) is 0 Å². The first-order chi connectivity index (χ1) is 16.0. The standard InChI is InChI=1S/C24H19N3O6/c1-32-19-13-7-15(8-14-19)21-20-22(33-26(21)17-5-3-2-4-6-17)24(29)25(23(20)28)16-9-11-18(12-10-16)27(30)31/h2-14,20-22H,1H3/t20-,21-,22-/m1/s1. The van der Waals surface area contributed by atoms with Crippen LogP contribution in [-0.4, -0.2) is 30.0 Å². The molecular weight excluding hydrogens is 426 g/mol. The Morgan fingerprint density at radius 3 is 2.15 bits per heavy atom. The molecule has 0 bridgehead atoms. The molecule has 0 spiro atoms. The number of fused-ring (bicyclic) bond motifs is 1. The van der Waals surface area contributed by atoms with Crippen molar-refractivity contribution in [2.24, 2.45) is 5.92 Å². The number of amides is 2. The highest BCUT2D eigenvalue weighted by Gasteiger charge is 2.60. The van der Waals surface area contributed by atoms with Gasteiger partial charge >= 0.3 is 0 Å². The topological polar surface area (TPSA) is 102 Å². The van der Waals surface area contributed by atoms with Gasteiger partial charge in [0.25, 0.3) is 11.6 Å². The van der Waals surface area contributed by atoms with Crippen molar-refractivity contribution in [3.05, 3.63) is 94.5 Å². The van der Waals surface area contributed by atoms with Gasteiger partial charge in [0.2, 0.25) is 5.91 Å². The maximum atomic E-state index is 13.5. The van der Waals surface area contributed by atoms with E-state index in [1.54, 1.807) is 24.3 Å². The fourth-order valence-electron chi connectivity index (χ4n) is 4.33. The van der Waals surface area contributed by atoms with Crippen LogP contribution in [0.5, 0.6) is 5.75 Å². The Morgan fingerprint density at radius 2 is 1.55 bits per heavy atom. The predicted octanol–water partition coefficient (Wildman–Crippen LogP) is 3.65. The summed E-state index contributed by atoms with van der Waals surface area (Å²) >= 11 is 0. The molecule has 0 aliphatic carbocycles. The molecule has 0 N–H and O–H groups in total. The molecule has 5 rings (SSSR count). The van der Waals surface area contributed by atoms with Crippen LogP contribution in [0.1, 0.15) is 11.6 Å². The Kier molecular flexibility index (Phi) is 5.02. The van der Waals surface area contributed by atoms with Crippen molar-refractivity contribution in [1.82, 2.24) is 0 Å². The molecule has 0 unspecified atom stereocenters. The highest BCUT2D eigenvalue weighted by atomic mass is 16.7. The van der Waals surface area contributed by atoms with Crippen molar-refractivity contribution in [2.75, 3.05) is 17.1 Å². The summed E-state index contributed by atoms with van der Waals surface area (Å²) in [6.45, 7) is 0. The molecule has 3 atom stereocenters. The number of benzene rings is 3. The number of hydrogen-bond donors (Lipinski definition) is 0. The van der Waals surface area contributed by atoms with Gasteiger partial charge in [0.05, 0.1) is 29.4 Å². The minimum absolute atomic E-state index is 0.124. The fourth-order valence-corrected chi connectivity index (χ4v) is 4.33. The number of hydrogen-bond acceptors (Lipinski definition) is 7. The average Bonchev–Trinajstić information content (AvgIpc) is 3.35. The Bertz CT molecular complexity index is 1210. The molecule has 2 fully saturated rings. The van der Waals surface area contributed by atoms with E-state index in [0.29, 0.717) is 5.75 Å². The van der Waals surface area contributed by atoms with Gasteiger partial charge in [-0.1, -0.05) is 30.3 Å². The van der Waals surface area contributed by atoms with E-state index in [1.807, 2.05) is 42.5 Å². The van der Waals surface area contributed by atoms with E-state index >= 15 is 0 Å². The molecule has 2 aliphatic rings. The lowest BCUT2D eigenvalue weighted by Gasteiger charge is -2.28. The monoisotopic (exact) mass is 445 g/mol. The van der Waals surface area contributed by atoms with Crippen molar-refractivity contribution in [3.8, 4) is 5.75 Å². The molecular formula is C24H19N3O6. The SMILES string of the molecule is COc1ccc([C@@H]2[C@H]3C(=O)N(c4ccc([N+](=O)[O-])cc4)C(=O)[C@@H]3ON2c2ccccc2)cc1. The number of anilines is 2. The third-order valence-corrected chi connectivity index (χ3v) is 5.90. The lowest BCUT2D eigenvalue weighted by Crippen LogP contribution is -2.37. The highest BCUT2D eigenvalue weighted by Crippen LogP contribution is 2.47. The zero-order valence-corrected chi connectivity index (χ0v) is 17.5. The maximum absolute atomic E-state index is 13.5. The summed E-state index contributed by atoms with van der Waals surface area (Å²) in [6, 6.07) is 21.3. The molecule has 9 heteroatoms. The summed E-state index contributed by atoms with van der Waals surface area (Å²) in [5.74, 6) is -1.04. The lowest BCUT2D eigenvalue weighted by molar-refractivity contribution is -0.384. The van der Waals surface area contributed by atoms with Crippen LogP contribution in [0.25, 0.3) is 0 Å². The van der Waals surface area contributed by atoms with Crippen molar-refractivity contribution < 1.29 is 24.1 Å². The van der Waals surface area contributed by atoms with Crippen molar-refractivity contribution in [1.29, 1.82) is 0 Å². The van der Waals surface area contributed by atoms with E-state index in [9.17, 15) is 19.7 Å². The molecule has 0 saturated carbocycles. The molecule has 9 nitrogen and oxygen atoms in total. The van der Waals surface area contributed by atoms with Crippen LogP contribution in [0.3, 0.4) is 0 Å². The van der Waals surface area contributed by atoms with Gasteiger partial charge in [-0.15, -0.1) is 0 Å². The number of imide groups is 1. The minimum atomic E-state index is -1.01. The number of para-hydroxylation sites is 1. The quantitative estimate of drug-likeness (QED) is 0.336. The number of nitrogens with zero attached hydrogens (tertiary/aromatic N) is 3. The van der Waals surface area contributed by atoms with E-state index in [-0.39, 0.29) is 11.4 Å². The number of non-ortho nitro benzene ring substituents is 1. The van der Waals surface area contributed by atoms with Crippen LogP contribution >= 0.6 is 0 Å². The first kappa shape index (κ1) is 20.7. The number of nitro groups is 1. The van der Waals surface area contributed by atoms with E-state index < -0.39 is 34.8 Å². The Balaban J connectivity index is 1.54. The number of ether oxygens (including phenoxy) is 1. The predicted molar refractivity (Wildman–Crippen MR) is 119 cm³/mol. The average molecular weight is 445 g/mol. The van der Waals surface area contributed by atoms with Gasteiger partial charge in [0.1, 0.15) is 11.7 Å². The van der Waals surface area contributed by atoms with Gasteiger partial charge in [0, 0.05) is 12.1 Å². The van der Waals surface area contributed by atoms with Crippen molar-refractivity contribution in [2.45, 2.75) is 12.1 Å². The fraction of sp³-hybridized carbons (Fsp3) is 0.167. The Labute approximate surface area is 188 Å². The second-order valence-corrected chi connectivity index (χ2v) is 7.72. The van der Waals surface area contributed by atoms with Crippen LogP contribution in [-0.2, 0) is 14.4 Å². The summed E-state index contributed by atoms with van der Waals surface area (Å²) in [6.07, 6.45) is -1.01. The third kappa shape index (κ3) is 3.39. The van der Waals surface area contributed by atoms with Crippen LogP contribution in [0.15, 0.2) is 78.9 Å². The molecule has 2 saturated heterocycles. The summed E-state index contributed by atoms with van der Waals surface area (Å²) in [4.78, 5) is 44.4. The lowest BCUT2D eigenvalue weighted by atomic mass is 9.90. The number of nitro benzene ring substituents is 1. The summed E-state index contributed by atoms with van der Waals surface area (Å²) in [7, 11) is 1.57. The first-order valence-electron chi connectivity index (χ1n) is 10.3. The number of hydroxylamine groups is 1. The van der Waals surface area contributed by atoms with E-state index in [0.717, 1.165) is 16.2 Å². The smallest absolute Gasteiger partial charge is 0.269 e. The maximum Gasteiger partial charge on any atom is 0.269 e. The first-order valence-corrected chi connectivity index (χ1v) is 10.3. The summed E-state index contributed by atoms with van der Waals surface area (Å²) in [5.41, 5.74) is 1.66. The zero-order valence-electron chi connectivity index (χ0n) is 17.5. The number of carbonyl (C=O) groups is 2.